The van der Waals surface area contributed by atoms with Crippen LogP contribution in [0.25, 0.3) is 0 Å². The molecule has 1 aliphatic rings. The summed E-state index contributed by atoms with van der Waals surface area (Å²) in [6.07, 6.45) is -8.06. The molecule has 146 valence electrons. The molecular weight excluding hydrogens is 368 g/mol. The van der Waals surface area contributed by atoms with Crippen molar-refractivity contribution in [1.29, 1.82) is 0 Å². The quantitative estimate of drug-likeness (QED) is 0.568. The van der Waals surface area contributed by atoms with Crippen molar-refractivity contribution in [2.45, 2.75) is 31.6 Å². The topological polar surface area (TPSA) is 3.24 Å². The molecular formula is C20H19F6N. The molecule has 27 heavy (non-hydrogen) atoms. The van der Waals surface area contributed by atoms with E-state index < -0.39 is 23.5 Å². The normalized spacial score (nSPS) is 16.6. The lowest BCUT2D eigenvalue weighted by Gasteiger charge is -2.34. The standard InChI is InChI=1S/C20H19F6N/c21-19(22,23)16-7-6-15(18(13-16)20(24,25)26)12-14-8-10-27(11-9-14)17-4-2-1-3-5-17/h1-7,13-14H,8-12H2. The van der Waals surface area contributed by atoms with E-state index in [1.807, 2.05) is 30.3 Å². The predicted octanol–water partition coefficient (Wildman–Crippen LogP) is 6.18. The minimum Gasteiger partial charge on any atom is -0.372 e. The third-order valence-electron chi connectivity index (χ3n) is 4.99. The van der Waals surface area contributed by atoms with Crippen molar-refractivity contribution in [2.75, 3.05) is 18.0 Å². The lowest BCUT2D eigenvalue weighted by Crippen LogP contribution is -2.34. The number of nitrogens with zero attached hydrogens (tertiary/aromatic N) is 1. The highest BCUT2D eigenvalue weighted by Crippen LogP contribution is 2.38. The van der Waals surface area contributed by atoms with Crippen LogP contribution >= 0.6 is 0 Å². The van der Waals surface area contributed by atoms with Crippen LogP contribution < -0.4 is 4.90 Å². The van der Waals surface area contributed by atoms with Gasteiger partial charge in [0.2, 0.25) is 0 Å². The molecule has 0 bridgehead atoms. The van der Waals surface area contributed by atoms with E-state index in [1.165, 1.54) is 0 Å². The minimum atomic E-state index is -4.80. The zero-order valence-electron chi connectivity index (χ0n) is 14.4. The Bertz CT molecular complexity index is 758. The van der Waals surface area contributed by atoms with Crippen LogP contribution in [0.15, 0.2) is 48.5 Å². The number of hydrogen-bond donors (Lipinski definition) is 0. The molecule has 0 atom stereocenters. The fraction of sp³-hybridized carbons (Fsp3) is 0.400. The van der Waals surface area contributed by atoms with Crippen LogP contribution in [0.4, 0.5) is 32.0 Å². The van der Waals surface area contributed by atoms with Gasteiger partial charge < -0.3 is 4.90 Å². The third-order valence-corrected chi connectivity index (χ3v) is 4.99. The van der Waals surface area contributed by atoms with E-state index in [-0.39, 0.29) is 24.0 Å². The molecule has 1 fully saturated rings. The molecule has 1 saturated heterocycles. The first-order chi connectivity index (χ1) is 12.6. The molecule has 0 spiro atoms. The van der Waals surface area contributed by atoms with Crippen molar-refractivity contribution in [1.82, 2.24) is 0 Å². The summed E-state index contributed by atoms with van der Waals surface area (Å²) < 4.78 is 78.2. The van der Waals surface area contributed by atoms with Gasteiger partial charge in [0.05, 0.1) is 11.1 Å². The van der Waals surface area contributed by atoms with E-state index >= 15 is 0 Å². The Labute approximate surface area is 153 Å². The third kappa shape index (κ3) is 4.76. The second-order valence-electron chi connectivity index (χ2n) is 6.84. The van der Waals surface area contributed by atoms with Crippen molar-refractivity contribution in [3.63, 3.8) is 0 Å². The number of para-hydroxylation sites is 1. The van der Waals surface area contributed by atoms with Crippen LogP contribution in [0.2, 0.25) is 0 Å². The highest BCUT2D eigenvalue weighted by molar-refractivity contribution is 5.46. The zero-order valence-corrected chi connectivity index (χ0v) is 14.4. The summed E-state index contributed by atoms with van der Waals surface area (Å²) in [5.41, 5.74) is -1.43. The molecule has 2 aromatic rings. The fourth-order valence-corrected chi connectivity index (χ4v) is 3.54. The van der Waals surface area contributed by atoms with Crippen molar-refractivity contribution >= 4 is 5.69 Å². The van der Waals surface area contributed by atoms with E-state index in [2.05, 4.69) is 4.90 Å². The summed E-state index contributed by atoms with van der Waals surface area (Å²) in [5.74, 6) is 0.0165. The first-order valence-corrected chi connectivity index (χ1v) is 8.72. The maximum absolute atomic E-state index is 13.3. The number of halogens is 6. The number of alkyl halides is 6. The van der Waals surface area contributed by atoms with Crippen LogP contribution in [-0.4, -0.2) is 13.1 Å². The number of hydrogen-bond acceptors (Lipinski definition) is 1. The number of benzene rings is 2. The molecule has 1 heterocycles. The SMILES string of the molecule is FC(F)(F)c1ccc(CC2CCN(c3ccccc3)CC2)c(C(F)(F)F)c1. The van der Waals surface area contributed by atoms with E-state index in [0.717, 1.165) is 30.9 Å². The van der Waals surface area contributed by atoms with E-state index in [1.54, 1.807) is 0 Å². The molecule has 3 rings (SSSR count). The van der Waals surface area contributed by atoms with Crippen molar-refractivity contribution < 1.29 is 26.3 Å². The monoisotopic (exact) mass is 387 g/mol. The van der Waals surface area contributed by atoms with E-state index in [9.17, 15) is 26.3 Å². The second-order valence-corrected chi connectivity index (χ2v) is 6.84. The first kappa shape index (κ1) is 19.6. The highest BCUT2D eigenvalue weighted by atomic mass is 19.4. The van der Waals surface area contributed by atoms with Crippen LogP contribution in [0.5, 0.6) is 0 Å². The molecule has 0 aromatic heterocycles. The lowest BCUT2D eigenvalue weighted by atomic mass is 9.87. The summed E-state index contributed by atoms with van der Waals surface area (Å²) >= 11 is 0. The fourth-order valence-electron chi connectivity index (χ4n) is 3.54. The van der Waals surface area contributed by atoms with Crippen LogP contribution in [-0.2, 0) is 18.8 Å². The molecule has 1 aliphatic heterocycles. The number of rotatable bonds is 3. The molecule has 0 saturated carbocycles. The van der Waals surface area contributed by atoms with Crippen molar-refractivity contribution in [3.8, 4) is 0 Å². The summed E-state index contributed by atoms with van der Waals surface area (Å²) in [7, 11) is 0. The summed E-state index contributed by atoms with van der Waals surface area (Å²) in [6, 6.07) is 11.7. The van der Waals surface area contributed by atoms with Gasteiger partial charge in [0.25, 0.3) is 0 Å². The lowest BCUT2D eigenvalue weighted by molar-refractivity contribution is -0.143. The maximum atomic E-state index is 13.3. The largest absolute Gasteiger partial charge is 0.416 e. The van der Waals surface area contributed by atoms with Gasteiger partial charge in [0.15, 0.2) is 0 Å². The molecule has 0 N–H and O–H groups in total. The van der Waals surface area contributed by atoms with Gasteiger partial charge in [-0.05, 0) is 55.0 Å². The molecule has 0 radical (unpaired) electrons. The predicted molar refractivity (Wildman–Crippen MR) is 91.5 cm³/mol. The molecule has 0 amide bonds. The zero-order chi connectivity index (χ0) is 19.7. The first-order valence-electron chi connectivity index (χ1n) is 8.72. The van der Waals surface area contributed by atoms with Gasteiger partial charge in [-0.25, -0.2) is 0 Å². The van der Waals surface area contributed by atoms with Gasteiger partial charge in [0.1, 0.15) is 0 Å². The van der Waals surface area contributed by atoms with Gasteiger partial charge in [-0.1, -0.05) is 24.3 Å². The Kier molecular flexibility index (Phi) is 5.40. The summed E-state index contributed by atoms with van der Waals surface area (Å²) in [4.78, 5) is 2.17. The summed E-state index contributed by atoms with van der Waals surface area (Å²) in [6.45, 7) is 1.44. The molecule has 2 aromatic carbocycles. The second kappa shape index (κ2) is 7.44. The maximum Gasteiger partial charge on any atom is 0.416 e. The van der Waals surface area contributed by atoms with Crippen LogP contribution in [0.1, 0.15) is 29.5 Å². The number of anilines is 1. The molecule has 0 aliphatic carbocycles. The van der Waals surface area contributed by atoms with Gasteiger partial charge in [-0.3, -0.25) is 0 Å². The van der Waals surface area contributed by atoms with Crippen LogP contribution in [0.3, 0.4) is 0 Å². The Balaban J connectivity index is 1.73. The Hall–Kier alpha value is -2.18. The Morgan fingerprint density at radius 1 is 0.815 bits per heavy atom. The van der Waals surface area contributed by atoms with Crippen LogP contribution in [0, 0.1) is 5.92 Å². The molecule has 7 heteroatoms. The Morgan fingerprint density at radius 2 is 1.44 bits per heavy atom. The smallest absolute Gasteiger partial charge is 0.372 e. The summed E-state index contributed by atoms with van der Waals surface area (Å²) in [5, 5.41) is 0. The average molecular weight is 387 g/mol. The number of piperidine rings is 1. The van der Waals surface area contributed by atoms with Crippen molar-refractivity contribution in [3.05, 3.63) is 65.2 Å². The Morgan fingerprint density at radius 3 is 2.00 bits per heavy atom. The molecule has 1 nitrogen and oxygen atoms in total. The van der Waals surface area contributed by atoms with Gasteiger partial charge >= 0.3 is 12.4 Å². The van der Waals surface area contributed by atoms with E-state index in [0.29, 0.717) is 12.8 Å². The van der Waals surface area contributed by atoms with Gasteiger partial charge in [0, 0.05) is 18.8 Å². The van der Waals surface area contributed by atoms with E-state index in [4.69, 9.17) is 0 Å². The highest BCUT2D eigenvalue weighted by Gasteiger charge is 2.38. The average Bonchev–Trinajstić information content (AvgIpc) is 2.61. The van der Waals surface area contributed by atoms with Crippen molar-refractivity contribution in [2.24, 2.45) is 5.92 Å². The van der Waals surface area contributed by atoms with Gasteiger partial charge in [-0.15, -0.1) is 0 Å². The molecule has 0 unspecified atom stereocenters. The van der Waals surface area contributed by atoms with Gasteiger partial charge in [-0.2, -0.15) is 26.3 Å². The minimum absolute atomic E-state index is 0.0165.